The normalized spacial score (nSPS) is 11.4. The van der Waals surface area contributed by atoms with Crippen molar-refractivity contribution in [1.29, 1.82) is 0 Å². The summed E-state index contributed by atoms with van der Waals surface area (Å²) in [5, 5.41) is 13.6. The zero-order valence-electron chi connectivity index (χ0n) is 42.1. The number of hydrogen-bond acceptors (Lipinski definition) is 0. The predicted molar refractivity (Wildman–Crippen MR) is 323 cm³/mol. The van der Waals surface area contributed by atoms with Gasteiger partial charge in [-0.05, 0) is 111 Å². The Kier molecular flexibility index (Phi) is 19.2. The summed E-state index contributed by atoms with van der Waals surface area (Å²) in [5.74, 6) is 4.96. The number of nitrogens with zero attached hydrogens (tertiary/aromatic N) is 2. The van der Waals surface area contributed by atoms with E-state index in [0.717, 1.165) is 33.5 Å². The summed E-state index contributed by atoms with van der Waals surface area (Å²) in [4.78, 5) is 0. The minimum absolute atomic E-state index is 0. The fourth-order valence-electron chi connectivity index (χ4n) is 10.00. The maximum Gasteiger partial charge on any atom is 1.00 e. The van der Waals surface area contributed by atoms with E-state index in [1.807, 2.05) is 60.7 Å². The van der Waals surface area contributed by atoms with Crippen molar-refractivity contribution in [2.75, 3.05) is 0 Å². The zero-order valence-corrected chi connectivity index (χ0v) is 48.4. The molecule has 0 fully saturated rings. The van der Waals surface area contributed by atoms with Crippen molar-refractivity contribution in [3.05, 3.63) is 308 Å². The van der Waals surface area contributed by atoms with Gasteiger partial charge in [0.15, 0.2) is 0 Å². The number of rotatable bonds is 9. The average Bonchev–Trinajstić information content (AvgIpc) is 4.00. The third-order valence-corrected chi connectivity index (χ3v) is 19.2. The van der Waals surface area contributed by atoms with E-state index >= 15 is 0 Å². The largest absolute Gasteiger partial charge is 1.00 e. The van der Waals surface area contributed by atoms with Crippen LogP contribution in [0.5, 0.6) is 0 Å². The minimum Gasteiger partial charge on any atom is -0.366 e. The van der Waals surface area contributed by atoms with E-state index in [1.54, 1.807) is 0 Å². The van der Waals surface area contributed by atoms with E-state index in [-0.39, 0.29) is 44.8 Å². The van der Waals surface area contributed by atoms with Crippen LogP contribution in [-0.2, 0) is 44.8 Å². The molecule has 2 heterocycles. The topological polar surface area (TPSA) is 9.86 Å². The van der Waals surface area contributed by atoms with Gasteiger partial charge in [-0.3, -0.25) is 11.8 Å². The third-order valence-electron chi connectivity index (χ3n) is 13.3. The molecular weight excluding hydrogens is 1320 g/mol. The van der Waals surface area contributed by atoms with Crippen LogP contribution in [0.4, 0.5) is 0 Å². The molecule has 1 unspecified atom stereocenters. The Balaban J connectivity index is 0.000000154. The molecule has 0 amide bonds. The van der Waals surface area contributed by atoms with Gasteiger partial charge in [-0.1, -0.05) is 158 Å². The Morgan fingerprint density at radius 3 is 1.14 bits per heavy atom. The first kappa shape index (κ1) is 55.0. The van der Waals surface area contributed by atoms with E-state index in [1.165, 1.54) is 64.4 Å². The molecular formula is C70H54Au2N2P2+2. The molecule has 0 aliphatic rings. The molecule has 0 aliphatic heterocycles. The van der Waals surface area contributed by atoms with Gasteiger partial charge in [0.25, 0.3) is 0 Å². The quantitative estimate of drug-likeness (QED) is 0.0448. The van der Waals surface area contributed by atoms with Crippen LogP contribution in [0.3, 0.4) is 0 Å². The number of benzene rings is 10. The first-order valence-electron chi connectivity index (χ1n) is 24.9. The van der Waals surface area contributed by atoms with Crippen LogP contribution in [0.15, 0.2) is 284 Å². The van der Waals surface area contributed by atoms with Gasteiger partial charge in [0.1, 0.15) is 42.4 Å². The summed E-state index contributed by atoms with van der Waals surface area (Å²) < 4.78 is 4.48. The second-order valence-electron chi connectivity index (χ2n) is 17.7. The molecule has 0 aliphatic carbocycles. The van der Waals surface area contributed by atoms with Gasteiger partial charge in [-0.25, -0.2) is 0 Å². The maximum atomic E-state index is 7.37. The van der Waals surface area contributed by atoms with E-state index in [9.17, 15) is 0 Å². The molecule has 0 bridgehead atoms. The van der Waals surface area contributed by atoms with Crippen LogP contribution in [0, 0.1) is 24.7 Å². The van der Waals surface area contributed by atoms with Gasteiger partial charge in [0.05, 0.1) is 16.3 Å². The molecule has 2 aromatic heterocycles. The zero-order chi connectivity index (χ0) is 50.6. The monoisotopic (exact) mass is 1380 g/mol. The molecule has 0 N–H and O–H groups in total. The van der Waals surface area contributed by atoms with Crippen LogP contribution >= 0.6 is 15.8 Å². The van der Waals surface area contributed by atoms with Gasteiger partial charge in [0, 0.05) is 44.0 Å². The van der Waals surface area contributed by atoms with E-state index < -0.39 is 15.8 Å². The third kappa shape index (κ3) is 11.7. The molecule has 0 saturated carbocycles. The average molecular weight is 1380 g/mol. The second-order valence-corrected chi connectivity index (χ2v) is 22.6. The Morgan fingerprint density at radius 1 is 0.382 bits per heavy atom. The number of fused-ring (bicyclic) bond motifs is 6. The van der Waals surface area contributed by atoms with Crippen molar-refractivity contribution in [2.45, 2.75) is 13.8 Å². The van der Waals surface area contributed by atoms with Crippen molar-refractivity contribution < 1.29 is 44.8 Å². The summed E-state index contributed by atoms with van der Waals surface area (Å²) in [6.07, 6.45) is 21.5. The van der Waals surface area contributed by atoms with Crippen LogP contribution < -0.4 is 26.5 Å². The molecule has 0 spiro atoms. The number of para-hydroxylation sites is 4. The van der Waals surface area contributed by atoms with Gasteiger partial charge in [0.2, 0.25) is 0 Å². The van der Waals surface area contributed by atoms with E-state index in [4.69, 9.17) is 12.8 Å². The number of allylic oxidation sites excluding steroid dienone is 4. The Bertz CT molecular complexity index is 3800. The molecule has 6 heteroatoms. The van der Waals surface area contributed by atoms with E-state index in [2.05, 4.69) is 253 Å². The van der Waals surface area contributed by atoms with Gasteiger partial charge >= 0.3 is 44.8 Å². The Labute approximate surface area is 481 Å². The molecule has 76 heavy (non-hydrogen) atoms. The maximum absolute atomic E-state index is 7.37. The molecule has 0 radical (unpaired) electrons. The van der Waals surface area contributed by atoms with Crippen molar-refractivity contribution >= 4 is 86.0 Å². The fourth-order valence-corrected chi connectivity index (χ4v) is 16.1. The van der Waals surface area contributed by atoms with E-state index in [0.29, 0.717) is 0 Å². The molecule has 2 nitrogen and oxygen atoms in total. The standard InChI is InChI=1S/C30H28P2.2C20H12N.2Au/c1-3-16-25(4-2)31(26-17-8-5-9-18-26)29-23-14-15-24-30(29)32(27-19-10-6-11-20-27)28-21-12-7-13-22-28;2*1-2-15-12-13-18-17-10-6-7-11-19(17)21(20(18)14-15)16-8-4-3-5-9-16;;/h3-24H,1-2H3;2*3-14H;;/q;2*-1;2*+1/p+2/b16-3-,25-4+;;;;. The van der Waals surface area contributed by atoms with Crippen molar-refractivity contribution in [3.8, 4) is 23.2 Å². The first-order valence-corrected chi connectivity index (χ1v) is 27.9. The number of hydrogen-bond donors (Lipinski definition) is 0. The van der Waals surface area contributed by atoms with Crippen LogP contribution in [0.2, 0.25) is 0 Å². The SMILES string of the molecule is C/C=C\C(=C/C)[PH+](c1ccccc1)c1ccccc1[PH+](c1ccccc1)c1ccccc1.[Au+].[Au+].[C-]#Cc1ccc2c3ccccc3n(-c3ccccc3)c2c1.[C-]#Cc1ccc2c3ccccc3n(-c3ccccc3)c2c1. The van der Waals surface area contributed by atoms with Crippen LogP contribution in [0.25, 0.3) is 55.0 Å². The molecule has 1 atom stereocenters. The van der Waals surface area contributed by atoms with Gasteiger partial charge in [-0.15, -0.1) is 35.4 Å². The predicted octanol–water partition coefficient (Wildman–Crippen LogP) is 15.3. The molecule has 12 rings (SSSR count). The fraction of sp³-hybridized carbons (Fsp3) is 0.0286. The van der Waals surface area contributed by atoms with Crippen LogP contribution in [-0.4, -0.2) is 9.13 Å². The summed E-state index contributed by atoms with van der Waals surface area (Å²) in [6.45, 7) is 4.29. The second kappa shape index (κ2) is 26.5. The summed E-state index contributed by atoms with van der Waals surface area (Å²) in [7, 11) is -2.28. The molecule has 374 valence electrons. The summed E-state index contributed by atoms with van der Waals surface area (Å²) in [6, 6.07) is 91.9. The van der Waals surface area contributed by atoms with Crippen LogP contribution in [0.1, 0.15) is 25.0 Å². The van der Waals surface area contributed by atoms with Crippen molar-refractivity contribution in [3.63, 3.8) is 0 Å². The molecule has 0 saturated heterocycles. The first-order chi connectivity index (χ1) is 36.6. The molecule has 10 aromatic carbocycles. The summed E-state index contributed by atoms with van der Waals surface area (Å²) in [5.41, 5.74) is 8.43. The Morgan fingerprint density at radius 2 is 0.737 bits per heavy atom. The summed E-state index contributed by atoms with van der Waals surface area (Å²) >= 11 is 0. The smallest absolute Gasteiger partial charge is 0.366 e. The number of aromatic nitrogens is 2. The van der Waals surface area contributed by atoms with Gasteiger partial charge in [-0.2, -0.15) is 0 Å². The van der Waals surface area contributed by atoms with Crippen molar-refractivity contribution in [1.82, 2.24) is 9.13 Å². The molecule has 12 aromatic rings. The van der Waals surface area contributed by atoms with Crippen molar-refractivity contribution in [2.24, 2.45) is 0 Å². The minimum atomic E-state index is -1.14. The van der Waals surface area contributed by atoms with Gasteiger partial charge < -0.3 is 22.0 Å². The Hall–Kier alpha value is -7.26.